The lowest BCUT2D eigenvalue weighted by atomic mass is 9.70. The van der Waals surface area contributed by atoms with Crippen molar-refractivity contribution in [1.82, 2.24) is 0 Å². The highest BCUT2D eigenvalue weighted by molar-refractivity contribution is 5.88. The first-order valence-electron chi connectivity index (χ1n) is 9.64. The summed E-state index contributed by atoms with van der Waals surface area (Å²) in [6.07, 6.45) is 5.39. The average molecular weight is 354 g/mol. The van der Waals surface area contributed by atoms with Crippen molar-refractivity contribution in [3.05, 3.63) is 0 Å². The molecule has 0 aliphatic rings. The maximum Gasteiger partial charge on any atom is 0.327 e. The highest BCUT2D eigenvalue weighted by atomic mass is 16.5. The lowest BCUT2D eigenvalue weighted by molar-refractivity contribution is -0.166. The number of esters is 2. The van der Waals surface area contributed by atoms with E-state index in [1.165, 1.54) is 0 Å². The van der Waals surface area contributed by atoms with Crippen LogP contribution >= 0.6 is 0 Å². The van der Waals surface area contributed by atoms with E-state index >= 15 is 0 Å². The van der Waals surface area contributed by atoms with E-state index in [0.717, 1.165) is 25.7 Å². The zero-order valence-corrected chi connectivity index (χ0v) is 16.6. The van der Waals surface area contributed by atoms with Gasteiger partial charge in [0, 0.05) is 0 Å². The molecule has 0 amide bonds. The third kappa shape index (κ3) is 7.46. The number of unbranched alkanes of at least 4 members (excludes halogenated alkanes) is 3. The topological polar surface area (TPSA) is 76.4 Å². The van der Waals surface area contributed by atoms with Crippen LogP contribution in [0.15, 0.2) is 0 Å². The van der Waals surface area contributed by atoms with Crippen molar-refractivity contribution >= 4 is 11.9 Å². The van der Waals surface area contributed by atoms with Crippen molar-refractivity contribution in [1.29, 1.82) is 5.26 Å². The van der Waals surface area contributed by atoms with E-state index in [-0.39, 0.29) is 13.2 Å². The Morgan fingerprint density at radius 3 is 2.12 bits per heavy atom. The zero-order valence-electron chi connectivity index (χ0n) is 16.6. The summed E-state index contributed by atoms with van der Waals surface area (Å²) in [5.74, 6) is -1.50. The number of nitrogens with zero attached hydrogens (tertiary/aromatic N) is 1. The predicted molar refractivity (Wildman–Crippen MR) is 97.6 cm³/mol. The monoisotopic (exact) mass is 353 g/mol. The summed E-state index contributed by atoms with van der Waals surface area (Å²) in [5, 5.41) is 9.92. The first-order chi connectivity index (χ1) is 11.9. The molecule has 0 rings (SSSR count). The summed E-state index contributed by atoms with van der Waals surface area (Å²) in [5.41, 5.74) is -1.46. The molecular weight excluding hydrogens is 318 g/mol. The largest absolute Gasteiger partial charge is 0.466 e. The molecule has 0 N–H and O–H groups in total. The lowest BCUT2D eigenvalue weighted by Crippen LogP contribution is -2.44. The first kappa shape index (κ1) is 23.4. The van der Waals surface area contributed by atoms with Crippen LogP contribution < -0.4 is 0 Å². The minimum absolute atomic E-state index is 0.190. The number of hydrogen-bond acceptors (Lipinski definition) is 5. The third-order valence-corrected chi connectivity index (χ3v) is 4.47. The van der Waals surface area contributed by atoms with E-state index in [4.69, 9.17) is 9.47 Å². The maximum absolute atomic E-state index is 12.7. The van der Waals surface area contributed by atoms with Gasteiger partial charge in [0.2, 0.25) is 0 Å². The van der Waals surface area contributed by atoms with Gasteiger partial charge in [0.1, 0.15) is 0 Å². The van der Waals surface area contributed by atoms with Gasteiger partial charge in [-0.1, -0.05) is 46.5 Å². The van der Waals surface area contributed by atoms with Crippen LogP contribution in [0.2, 0.25) is 0 Å². The van der Waals surface area contributed by atoms with Gasteiger partial charge in [-0.2, -0.15) is 5.26 Å². The Morgan fingerprint density at radius 1 is 1.00 bits per heavy atom. The second-order valence-corrected chi connectivity index (χ2v) is 6.89. The number of carbonyl (C=O) groups excluding carboxylic acids is 2. The van der Waals surface area contributed by atoms with Crippen LogP contribution in [0.25, 0.3) is 0 Å². The maximum atomic E-state index is 12.7. The van der Waals surface area contributed by atoms with Gasteiger partial charge in [-0.15, -0.1) is 0 Å². The molecule has 0 radical (unpaired) electrons. The van der Waals surface area contributed by atoms with Gasteiger partial charge >= 0.3 is 11.9 Å². The molecule has 0 aliphatic heterocycles. The van der Waals surface area contributed by atoms with Gasteiger partial charge in [0.05, 0.1) is 25.2 Å². The Kier molecular flexibility index (Phi) is 11.9. The van der Waals surface area contributed by atoms with E-state index < -0.39 is 23.3 Å². The molecule has 5 heteroatoms. The van der Waals surface area contributed by atoms with Crippen LogP contribution in [0.5, 0.6) is 0 Å². The lowest BCUT2D eigenvalue weighted by Gasteiger charge is -2.32. The zero-order chi connectivity index (χ0) is 19.3. The van der Waals surface area contributed by atoms with E-state index in [0.29, 0.717) is 25.2 Å². The van der Waals surface area contributed by atoms with Gasteiger partial charge in [0.15, 0.2) is 5.41 Å². The SMILES string of the molecule is CCCCCCC(C(=O)OCC)C(C#N)(CCC(C)C)C(=O)OCC. The van der Waals surface area contributed by atoms with E-state index in [2.05, 4.69) is 13.0 Å². The Hall–Kier alpha value is -1.57. The molecule has 0 aromatic carbocycles. The molecule has 0 saturated carbocycles. The van der Waals surface area contributed by atoms with Crippen LogP contribution in [-0.2, 0) is 19.1 Å². The minimum Gasteiger partial charge on any atom is -0.466 e. The molecule has 0 aromatic rings. The second kappa shape index (κ2) is 12.7. The van der Waals surface area contributed by atoms with Crippen LogP contribution in [-0.4, -0.2) is 25.2 Å². The molecule has 2 unspecified atom stereocenters. The first-order valence-corrected chi connectivity index (χ1v) is 9.64. The van der Waals surface area contributed by atoms with E-state index in [9.17, 15) is 14.9 Å². The Labute approximate surface area is 153 Å². The fourth-order valence-electron chi connectivity index (χ4n) is 2.96. The predicted octanol–water partition coefficient (Wildman–Crippen LogP) is 4.65. The van der Waals surface area contributed by atoms with Crippen LogP contribution in [0.1, 0.15) is 79.6 Å². The fourth-order valence-corrected chi connectivity index (χ4v) is 2.96. The molecule has 0 saturated heterocycles. The highest BCUT2D eigenvalue weighted by Gasteiger charge is 2.51. The summed E-state index contributed by atoms with van der Waals surface area (Å²) >= 11 is 0. The summed E-state index contributed by atoms with van der Waals surface area (Å²) in [6.45, 7) is 10.1. The Balaban J connectivity index is 5.63. The molecule has 25 heavy (non-hydrogen) atoms. The summed E-state index contributed by atoms with van der Waals surface area (Å²) in [6, 6.07) is 2.16. The van der Waals surface area contributed by atoms with Crippen molar-refractivity contribution < 1.29 is 19.1 Å². The van der Waals surface area contributed by atoms with Gasteiger partial charge in [0.25, 0.3) is 0 Å². The van der Waals surface area contributed by atoms with Crippen LogP contribution in [0, 0.1) is 28.6 Å². The van der Waals surface area contributed by atoms with Gasteiger partial charge < -0.3 is 9.47 Å². The molecule has 2 atom stereocenters. The molecule has 0 fully saturated rings. The van der Waals surface area contributed by atoms with Gasteiger partial charge in [-0.05, 0) is 39.0 Å². The number of carbonyl (C=O) groups is 2. The third-order valence-electron chi connectivity index (χ3n) is 4.47. The van der Waals surface area contributed by atoms with Crippen LogP contribution in [0.4, 0.5) is 0 Å². The quantitative estimate of drug-likeness (QED) is 0.356. The molecule has 0 spiro atoms. The second-order valence-electron chi connectivity index (χ2n) is 6.89. The van der Waals surface area contributed by atoms with Gasteiger partial charge in [-0.3, -0.25) is 9.59 Å². The summed E-state index contributed by atoms with van der Waals surface area (Å²) in [4.78, 5) is 25.3. The van der Waals surface area contributed by atoms with Crippen molar-refractivity contribution in [3.63, 3.8) is 0 Å². The van der Waals surface area contributed by atoms with Gasteiger partial charge in [-0.25, -0.2) is 0 Å². The number of ether oxygens (including phenoxy) is 2. The normalized spacial score (nSPS) is 14.4. The highest BCUT2D eigenvalue weighted by Crippen LogP contribution is 2.39. The van der Waals surface area contributed by atoms with Crippen molar-refractivity contribution in [2.24, 2.45) is 17.3 Å². The molecule has 5 nitrogen and oxygen atoms in total. The number of hydrogen-bond donors (Lipinski definition) is 0. The molecule has 0 bridgehead atoms. The molecule has 0 aromatic heterocycles. The molecule has 0 aliphatic carbocycles. The molecule has 144 valence electrons. The molecular formula is C20H35NO4. The van der Waals surface area contributed by atoms with E-state index in [1.54, 1.807) is 13.8 Å². The minimum atomic E-state index is -1.46. The molecule has 0 heterocycles. The Bertz CT molecular complexity index is 441. The average Bonchev–Trinajstić information content (AvgIpc) is 2.57. The number of rotatable bonds is 13. The van der Waals surface area contributed by atoms with Crippen LogP contribution in [0.3, 0.4) is 0 Å². The van der Waals surface area contributed by atoms with Crippen molar-refractivity contribution in [3.8, 4) is 6.07 Å². The van der Waals surface area contributed by atoms with Crippen molar-refractivity contribution in [2.45, 2.75) is 79.6 Å². The number of nitriles is 1. The Morgan fingerprint density at radius 2 is 1.64 bits per heavy atom. The van der Waals surface area contributed by atoms with Crippen molar-refractivity contribution in [2.75, 3.05) is 13.2 Å². The standard InChI is InChI=1S/C20H35NO4/c1-6-9-10-11-12-17(18(22)24-7-2)20(15-21,14-13-16(4)5)19(23)25-8-3/h16-17H,6-14H2,1-5H3. The van der Waals surface area contributed by atoms with E-state index in [1.807, 2.05) is 13.8 Å². The smallest absolute Gasteiger partial charge is 0.327 e. The summed E-state index contributed by atoms with van der Waals surface area (Å²) in [7, 11) is 0. The summed E-state index contributed by atoms with van der Waals surface area (Å²) < 4.78 is 10.4. The fraction of sp³-hybridized carbons (Fsp3) is 0.850.